The minimum absolute atomic E-state index is 0.331. The SMILES string of the molecule is O=C(O[P+](c1ccccc1)(c1ccccc1)c1ccccc1)c1ccc(Br)cc1. The quantitative estimate of drug-likeness (QED) is 0.366. The standard InChI is InChI=1S/C25H19BrO2P/c26-21-18-16-20(17-19-21)25(27)28-29(22-10-4-1-5-11-22,23-12-6-2-7-13-23)24-14-8-3-9-15-24/h1-19H/q+1. The molecule has 2 nitrogen and oxygen atoms in total. The van der Waals surface area contributed by atoms with E-state index in [1.165, 1.54) is 0 Å². The molecule has 0 aliphatic rings. The van der Waals surface area contributed by atoms with Crippen LogP contribution in [0.3, 0.4) is 0 Å². The van der Waals surface area contributed by atoms with Crippen LogP contribution in [0.2, 0.25) is 0 Å². The lowest BCUT2D eigenvalue weighted by Gasteiger charge is -2.25. The first-order valence-corrected chi connectivity index (χ1v) is 11.8. The first kappa shape index (κ1) is 19.6. The van der Waals surface area contributed by atoms with Gasteiger partial charge in [0.2, 0.25) is 0 Å². The molecule has 0 aliphatic heterocycles. The van der Waals surface area contributed by atoms with Gasteiger partial charge in [0.25, 0.3) is 7.49 Å². The number of hydrogen-bond donors (Lipinski definition) is 0. The van der Waals surface area contributed by atoms with E-state index in [1.807, 2.05) is 103 Å². The number of carbonyl (C=O) groups excluding carboxylic acids is 1. The lowest BCUT2D eigenvalue weighted by atomic mass is 10.2. The zero-order valence-corrected chi connectivity index (χ0v) is 18.1. The average Bonchev–Trinajstić information content (AvgIpc) is 2.79. The summed E-state index contributed by atoms with van der Waals surface area (Å²) in [6.07, 6.45) is 0. The highest BCUT2D eigenvalue weighted by molar-refractivity contribution is 9.10. The molecule has 0 amide bonds. The van der Waals surface area contributed by atoms with Crippen molar-refractivity contribution in [2.75, 3.05) is 0 Å². The number of halogens is 1. The van der Waals surface area contributed by atoms with Gasteiger partial charge >= 0.3 is 5.97 Å². The molecule has 4 rings (SSSR count). The molecule has 29 heavy (non-hydrogen) atoms. The molecule has 0 heterocycles. The average molecular weight is 462 g/mol. The Balaban J connectivity index is 1.92. The second-order valence-corrected chi connectivity index (χ2v) is 10.4. The molecule has 4 aromatic rings. The van der Waals surface area contributed by atoms with Gasteiger partial charge in [-0.1, -0.05) is 70.5 Å². The number of benzene rings is 4. The molecule has 4 heteroatoms. The Kier molecular flexibility index (Phi) is 5.89. The van der Waals surface area contributed by atoms with Gasteiger partial charge in [-0.2, -0.15) is 0 Å². The number of rotatable bonds is 5. The highest BCUT2D eigenvalue weighted by Crippen LogP contribution is 2.56. The summed E-state index contributed by atoms with van der Waals surface area (Å²) in [6, 6.07) is 37.4. The van der Waals surface area contributed by atoms with E-state index in [0.29, 0.717) is 5.56 Å². The van der Waals surface area contributed by atoms with Gasteiger partial charge in [-0.15, -0.1) is 0 Å². The Bertz CT molecular complexity index is 985. The topological polar surface area (TPSA) is 26.3 Å². The number of carbonyl (C=O) groups is 1. The summed E-state index contributed by atoms with van der Waals surface area (Å²) >= 11 is 3.42. The summed E-state index contributed by atoms with van der Waals surface area (Å²) in [7, 11) is -2.65. The molecule has 4 aromatic carbocycles. The summed E-state index contributed by atoms with van der Waals surface area (Å²) < 4.78 is 7.40. The molecular weight excluding hydrogens is 443 g/mol. The van der Waals surface area contributed by atoms with Crippen LogP contribution < -0.4 is 15.9 Å². The lowest BCUT2D eigenvalue weighted by molar-refractivity contribution is 0.0755. The molecule has 0 bridgehead atoms. The van der Waals surface area contributed by atoms with Crippen molar-refractivity contribution in [1.82, 2.24) is 0 Å². The van der Waals surface area contributed by atoms with Crippen molar-refractivity contribution in [3.63, 3.8) is 0 Å². The van der Waals surface area contributed by atoms with E-state index < -0.39 is 7.49 Å². The molecule has 0 saturated heterocycles. The van der Waals surface area contributed by atoms with Crippen LogP contribution in [0, 0.1) is 0 Å². The Morgan fingerprint density at radius 1 is 0.586 bits per heavy atom. The van der Waals surface area contributed by atoms with E-state index in [4.69, 9.17) is 4.52 Å². The fraction of sp³-hybridized carbons (Fsp3) is 0. The van der Waals surface area contributed by atoms with Crippen LogP contribution in [0.5, 0.6) is 0 Å². The molecule has 0 unspecified atom stereocenters. The third kappa shape index (κ3) is 4.03. The second kappa shape index (κ2) is 8.73. The molecule has 0 fully saturated rings. The highest BCUT2D eigenvalue weighted by Gasteiger charge is 2.51. The predicted octanol–water partition coefficient (Wildman–Crippen LogP) is 5.52. The van der Waals surface area contributed by atoms with Gasteiger partial charge in [-0.05, 0) is 60.7 Å². The molecular formula is C25H19BrO2P+. The van der Waals surface area contributed by atoms with Gasteiger partial charge in [0.1, 0.15) is 15.9 Å². The van der Waals surface area contributed by atoms with Crippen molar-refractivity contribution in [3.05, 3.63) is 125 Å². The van der Waals surface area contributed by atoms with Gasteiger partial charge in [0, 0.05) is 4.47 Å². The first-order valence-electron chi connectivity index (χ1n) is 9.25. The zero-order valence-electron chi connectivity index (χ0n) is 15.6. The van der Waals surface area contributed by atoms with Crippen LogP contribution in [-0.4, -0.2) is 5.97 Å². The summed E-state index contributed by atoms with van der Waals surface area (Å²) in [5.74, 6) is -0.331. The van der Waals surface area contributed by atoms with Crippen molar-refractivity contribution >= 4 is 45.3 Å². The number of hydrogen-bond acceptors (Lipinski definition) is 2. The third-order valence-electron chi connectivity index (χ3n) is 4.66. The molecule has 0 aliphatic carbocycles. The van der Waals surface area contributed by atoms with Crippen LogP contribution in [-0.2, 0) is 4.52 Å². The van der Waals surface area contributed by atoms with E-state index in [2.05, 4.69) is 15.9 Å². The summed E-state index contributed by atoms with van der Waals surface area (Å²) in [5.41, 5.74) is 0.528. The smallest absolute Gasteiger partial charge is 0.292 e. The minimum atomic E-state index is -2.65. The lowest BCUT2D eigenvalue weighted by Crippen LogP contribution is -2.34. The Morgan fingerprint density at radius 3 is 1.34 bits per heavy atom. The Labute approximate surface area is 179 Å². The van der Waals surface area contributed by atoms with Gasteiger partial charge in [-0.3, -0.25) is 4.52 Å². The maximum absolute atomic E-state index is 13.3. The van der Waals surface area contributed by atoms with Crippen molar-refractivity contribution < 1.29 is 9.32 Å². The summed E-state index contributed by atoms with van der Waals surface area (Å²) in [4.78, 5) is 13.3. The molecule has 0 radical (unpaired) electrons. The Hall–Kier alpha value is -2.74. The maximum atomic E-state index is 13.3. The molecule has 0 spiro atoms. The van der Waals surface area contributed by atoms with Gasteiger partial charge in [-0.25, -0.2) is 4.79 Å². The molecule has 0 N–H and O–H groups in total. The first-order chi connectivity index (χ1) is 14.2. The van der Waals surface area contributed by atoms with Crippen molar-refractivity contribution in [2.45, 2.75) is 0 Å². The molecule has 0 atom stereocenters. The maximum Gasteiger partial charge on any atom is 0.382 e. The van der Waals surface area contributed by atoms with Gasteiger partial charge in [0.05, 0.1) is 5.56 Å². The third-order valence-corrected chi connectivity index (χ3v) is 8.70. The monoisotopic (exact) mass is 461 g/mol. The molecule has 0 saturated carbocycles. The van der Waals surface area contributed by atoms with Crippen LogP contribution in [0.15, 0.2) is 120 Å². The van der Waals surface area contributed by atoms with Crippen molar-refractivity contribution in [1.29, 1.82) is 0 Å². The van der Waals surface area contributed by atoms with Gasteiger partial charge in [0.15, 0.2) is 0 Å². The second-order valence-electron chi connectivity index (χ2n) is 6.50. The normalized spacial score (nSPS) is 11.1. The zero-order chi connectivity index (χ0) is 20.1. The Morgan fingerprint density at radius 2 is 0.966 bits per heavy atom. The largest absolute Gasteiger partial charge is 0.382 e. The van der Waals surface area contributed by atoms with E-state index in [0.717, 1.165) is 20.4 Å². The van der Waals surface area contributed by atoms with Crippen LogP contribution in [0.1, 0.15) is 10.4 Å². The van der Waals surface area contributed by atoms with Crippen molar-refractivity contribution in [2.24, 2.45) is 0 Å². The van der Waals surface area contributed by atoms with Crippen molar-refractivity contribution in [3.8, 4) is 0 Å². The van der Waals surface area contributed by atoms with E-state index in [-0.39, 0.29) is 5.97 Å². The molecule has 0 aromatic heterocycles. The highest BCUT2D eigenvalue weighted by atomic mass is 79.9. The van der Waals surface area contributed by atoms with Crippen LogP contribution >= 0.6 is 23.4 Å². The fourth-order valence-electron chi connectivity index (χ4n) is 3.28. The predicted molar refractivity (Wildman–Crippen MR) is 125 cm³/mol. The van der Waals surface area contributed by atoms with Gasteiger partial charge < -0.3 is 0 Å². The molecule has 142 valence electrons. The van der Waals surface area contributed by atoms with E-state index >= 15 is 0 Å². The summed E-state index contributed by atoms with van der Waals surface area (Å²) in [5, 5.41) is 3.01. The minimum Gasteiger partial charge on any atom is -0.292 e. The summed E-state index contributed by atoms with van der Waals surface area (Å²) in [6.45, 7) is 0. The van der Waals surface area contributed by atoms with E-state index in [9.17, 15) is 4.79 Å². The van der Waals surface area contributed by atoms with E-state index in [1.54, 1.807) is 12.1 Å². The fourth-order valence-corrected chi connectivity index (χ4v) is 6.89. The van der Waals surface area contributed by atoms with Crippen LogP contribution in [0.25, 0.3) is 0 Å². The van der Waals surface area contributed by atoms with Crippen LogP contribution in [0.4, 0.5) is 0 Å².